The van der Waals surface area contributed by atoms with Crippen LogP contribution in [0.1, 0.15) is 206 Å². The van der Waals surface area contributed by atoms with E-state index in [4.69, 9.17) is 9.47 Å². The van der Waals surface area contributed by atoms with E-state index in [2.05, 4.69) is 79.9 Å². The lowest BCUT2D eigenvalue weighted by atomic mass is 9.99. The first-order valence-corrected chi connectivity index (χ1v) is 25.7. The molecule has 0 aliphatic carbocycles. The summed E-state index contributed by atoms with van der Waals surface area (Å²) in [6.45, 7) is 3.63. The molecule has 1 saturated heterocycles. The molecule has 0 aromatic heterocycles. The highest BCUT2D eigenvalue weighted by Gasteiger charge is 2.44. The quantitative estimate of drug-likeness (QED) is 0.0262. The van der Waals surface area contributed by atoms with Crippen molar-refractivity contribution < 1.29 is 39.8 Å². The third-order valence-electron chi connectivity index (χ3n) is 11.8. The molecule has 1 heterocycles. The standard InChI is InChI=1S/C54H95NO8/c1-3-5-7-9-11-13-15-17-19-21-22-23-24-25-26-28-29-31-33-35-37-39-41-43-48(57)47(46-62-54-53(61)52(60)51(59)49(45-56)63-54)55-50(58)44-42-40-38-36-34-32-30-27-20-18-16-14-12-10-8-6-4-2/h6,8,12,14,18,20,30,32,36,38,41,43,47-49,51-54,56-57,59-61H,3-5,7,9-11,13,15-17,19,21-29,31,33-35,37,39-40,42,44-46H2,1-2H3,(H,55,58)/b8-6-,14-12-,20-18-,32-30-,38-36-,43-41+. The van der Waals surface area contributed by atoms with Gasteiger partial charge in [0.05, 0.1) is 25.4 Å². The fourth-order valence-electron chi connectivity index (χ4n) is 7.72. The predicted octanol–water partition coefficient (Wildman–Crippen LogP) is 11.7. The van der Waals surface area contributed by atoms with Crippen LogP contribution in [0.15, 0.2) is 72.9 Å². The van der Waals surface area contributed by atoms with Gasteiger partial charge in [-0.1, -0.05) is 215 Å². The summed E-state index contributed by atoms with van der Waals surface area (Å²) in [6.07, 6.45) is 52.5. The molecule has 0 bridgehead atoms. The normalized spacial score (nSPS) is 20.8. The van der Waals surface area contributed by atoms with E-state index in [0.29, 0.717) is 6.42 Å². The minimum Gasteiger partial charge on any atom is -0.394 e. The predicted molar refractivity (Wildman–Crippen MR) is 262 cm³/mol. The van der Waals surface area contributed by atoms with Gasteiger partial charge in [0.2, 0.25) is 5.91 Å². The fourth-order valence-corrected chi connectivity index (χ4v) is 7.72. The van der Waals surface area contributed by atoms with Crippen LogP contribution in [0, 0.1) is 0 Å². The molecule has 7 atom stereocenters. The van der Waals surface area contributed by atoms with E-state index in [-0.39, 0.29) is 18.9 Å². The monoisotopic (exact) mass is 886 g/mol. The van der Waals surface area contributed by atoms with Gasteiger partial charge in [0.25, 0.3) is 0 Å². The molecule has 364 valence electrons. The Labute approximate surface area is 385 Å². The van der Waals surface area contributed by atoms with Crippen LogP contribution in [0.3, 0.4) is 0 Å². The summed E-state index contributed by atoms with van der Waals surface area (Å²) in [6, 6.07) is -0.838. The maximum atomic E-state index is 13.0. The molecular formula is C54H95NO8. The Hall–Kier alpha value is -2.37. The van der Waals surface area contributed by atoms with Crippen molar-refractivity contribution >= 4 is 5.91 Å². The topological polar surface area (TPSA) is 149 Å². The summed E-state index contributed by atoms with van der Waals surface area (Å²) >= 11 is 0. The van der Waals surface area contributed by atoms with Crippen molar-refractivity contribution in [1.82, 2.24) is 5.32 Å². The van der Waals surface area contributed by atoms with E-state index >= 15 is 0 Å². The second-order valence-corrected chi connectivity index (χ2v) is 17.6. The van der Waals surface area contributed by atoms with Crippen LogP contribution in [0.4, 0.5) is 0 Å². The number of hydrogen-bond acceptors (Lipinski definition) is 8. The summed E-state index contributed by atoms with van der Waals surface area (Å²) in [4.78, 5) is 13.0. The smallest absolute Gasteiger partial charge is 0.220 e. The molecule has 0 aromatic rings. The highest BCUT2D eigenvalue weighted by molar-refractivity contribution is 5.76. The van der Waals surface area contributed by atoms with E-state index in [1.54, 1.807) is 6.08 Å². The molecule has 1 aliphatic rings. The molecular weight excluding hydrogens is 791 g/mol. The number of unbranched alkanes of at least 4 members (excludes halogenated alkanes) is 22. The molecule has 0 saturated carbocycles. The van der Waals surface area contributed by atoms with E-state index in [1.807, 2.05) is 6.08 Å². The number of allylic oxidation sites excluding steroid dienone is 11. The van der Waals surface area contributed by atoms with Gasteiger partial charge in [0, 0.05) is 6.42 Å². The number of amides is 1. The molecule has 1 rings (SSSR count). The van der Waals surface area contributed by atoms with Crippen LogP contribution in [0.25, 0.3) is 0 Å². The second kappa shape index (κ2) is 43.5. The molecule has 0 aromatic carbocycles. The van der Waals surface area contributed by atoms with Crippen LogP contribution in [0.2, 0.25) is 0 Å². The minimum absolute atomic E-state index is 0.214. The van der Waals surface area contributed by atoms with E-state index in [0.717, 1.165) is 57.8 Å². The number of aliphatic hydroxyl groups excluding tert-OH is 5. The molecule has 1 aliphatic heterocycles. The third-order valence-corrected chi connectivity index (χ3v) is 11.8. The van der Waals surface area contributed by atoms with Gasteiger partial charge in [-0.3, -0.25) is 4.79 Å². The van der Waals surface area contributed by atoms with E-state index in [9.17, 15) is 30.3 Å². The molecule has 1 amide bonds. The summed E-state index contributed by atoms with van der Waals surface area (Å²) in [5, 5.41) is 54.3. The Morgan fingerprint density at radius 2 is 0.984 bits per heavy atom. The van der Waals surface area contributed by atoms with Crippen molar-refractivity contribution in [2.24, 2.45) is 0 Å². The molecule has 9 nitrogen and oxygen atoms in total. The zero-order valence-corrected chi connectivity index (χ0v) is 40.1. The van der Waals surface area contributed by atoms with Crippen molar-refractivity contribution in [3.63, 3.8) is 0 Å². The van der Waals surface area contributed by atoms with Crippen molar-refractivity contribution in [1.29, 1.82) is 0 Å². The Bertz CT molecular complexity index is 1210. The number of carbonyl (C=O) groups excluding carboxylic acids is 1. The first kappa shape index (κ1) is 58.6. The summed E-state index contributed by atoms with van der Waals surface area (Å²) in [5.41, 5.74) is 0. The molecule has 1 fully saturated rings. The lowest BCUT2D eigenvalue weighted by molar-refractivity contribution is -0.302. The SMILES string of the molecule is CC/C=C\C/C=C\C/C=C\C/C=C\C/C=C\CCCC(=O)NC(COC1OC(CO)C(O)C(O)C1O)C(O)/C=C/CCCCCCCCCCCCCCCCCCCCCCC. The Balaban J connectivity index is 2.33. The number of hydrogen-bond donors (Lipinski definition) is 6. The summed E-state index contributed by atoms with van der Waals surface area (Å²) < 4.78 is 11.2. The van der Waals surface area contributed by atoms with E-state index in [1.165, 1.54) is 122 Å². The van der Waals surface area contributed by atoms with Gasteiger partial charge >= 0.3 is 0 Å². The number of carbonyl (C=O) groups is 1. The zero-order chi connectivity index (χ0) is 45.9. The van der Waals surface area contributed by atoms with Crippen molar-refractivity contribution in [3.8, 4) is 0 Å². The number of aliphatic hydroxyl groups is 5. The fraction of sp³-hybridized carbons (Fsp3) is 0.759. The lowest BCUT2D eigenvalue weighted by Crippen LogP contribution is -2.60. The van der Waals surface area contributed by atoms with Crippen LogP contribution in [-0.4, -0.2) is 87.5 Å². The van der Waals surface area contributed by atoms with Gasteiger partial charge < -0.3 is 40.3 Å². The highest BCUT2D eigenvalue weighted by atomic mass is 16.7. The third kappa shape index (κ3) is 33.7. The Kier molecular flexibility index (Phi) is 40.5. The molecule has 7 unspecified atom stereocenters. The largest absolute Gasteiger partial charge is 0.394 e. The molecule has 63 heavy (non-hydrogen) atoms. The Morgan fingerprint density at radius 1 is 0.556 bits per heavy atom. The van der Waals surface area contributed by atoms with Gasteiger partial charge in [0.15, 0.2) is 6.29 Å². The maximum absolute atomic E-state index is 13.0. The lowest BCUT2D eigenvalue weighted by Gasteiger charge is -2.40. The minimum atomic E-state index is -1.58. The van der Waals surface area contributed by atoms with E-state index < -0.39 is 49.5 Å². The first-order chi connectivity index (χ1) is 30.8. The maximum Gasteiger partial charge on any atom is 0.220 e. The average molecular weight is 886 g/mol. The van der Waals surface area contributed by atoms with Gasteiger partial charge in [-0.15, -0.1) is 0 Å². The van der Waals surface area contributed by atoms with Crippen molar-refractivity contribution in [2.75, 3.05) is 13.2 Å². The molecule has 0 spiro atoms. The zero-order valence-electron chi connectivity index (χ0n) is 40.1. The molecule has 9 heteroatoms. The number of ether oxygens (including phenoxy) is 2. The second-order valence-electron chi connectivity index (χ2n) is 17.6. The number of nitrogens with one attached hydrogen (secondary N) is 1. The molecule has 0 radical (unpaired) electrons. The number of rotatable bonds is 42. The van der Waals surface area contributed by atoms with Gasteiger partial charge in [0.1, 0.15) is 24.4 Å². The first-order valence-electron chi connectivity index (χ1n) is 25.7. The Morgan fingerprint density at radius 3 is 1.44 bits per heavy atom. The van der Waals surface area contributed by atoms with Crippen LogP contribution in [-0.2, 0) is 14.3 Å². The average Bonchev–Trinajstić information content (AvgIpc) is 3.28. The van der Waals surface area contributed by atoms with Crippen LogP contribution >= 0.6 is 0 Å². The summed E-state index contributed by atoms with van der Waals surface area (Å²) in [5.74, 6) is -0.235. The van der Waals surface area contributed by atoms with Crippen molar-refractivity contribution in [3.05, 3.63) is 72.9 Å². The van der Waals surface area contributed by atoms with Gasteiger partial charge in [-0.2, -0.15) is 0 Å². The highest BCUT2D eigenvalue weighted by Crippen LogP contribution is 2.23. The van der Waals surface area contributed by atoms with Gasteiger partial charge in [-0.25, -0.2) is 0 Å². The molecule has 6 N–H and O–H groups in total. The van der Waals surface area contributed by atoms with Gasteiger partial charge in [-0.05, 0) is 57.8 Å². The van der Waals surface area contributed by atoms with Crippen LogP contribution in [0.5, 0.6) is 0 Å². The van der Waals surface area contributed by atoms with Crippen molar-refractivity contribution in [2.45, 2.75) is 249 Å². The summed E-state index contributed by atoms with van der Waals surface area (Å²) in [7, 11) is 0. The van der Waals surface area contributed by atoms with Crippen LogP contribution < -0.4 is 5.32 Å².